The number of amides is 2. The van der Waals surface area contributed by atoms with Gasteiger partial charge in [-0.05, 0) is 30.9 Å². The summed E-state index contributed by atoms with van der Waals surface area (Å²) in [7, 11) is 1.81. The summed E-state index contributed by atoms with van der Waals surface area (Å²) in [5.41, 5.74) is 1.58. The number of nitrogens with zero attached hydrogens (tertiary/aromatic N) is 2. The molecule has 1 N–H and O–H groups in total. The fraction of sp³-hybridized carbons (Fsp3) is 0.444. The summed E-state index contributed by atoms with van der Waals surface area (Å²) < 4.78 is 10.6. The molecule has 1 fully saturated rings. The number of urea groups is 1. The highest BCUT2D eigenvalue weighted by Gasteiger charge is 2.18. The van der Waals surface area contributed by atoms with Crippen LogP contribution in [0.4, 0.5) is 4.79 Å². The molecule has 1 aromatic heterocycles. The normalized spacial score (nSPS) is 15.1. The Labute approximate surface area is 152 Å². The second-order valence-corrected chi connectivity index (χ2v) is 6.72. The number of halogens is 1. The summed E-state index contributed by atoms with van der Waals surface area (Å²) in [6, 6.07) is 9.09. The number of aromatic nitrogens is 1. The lowest BCUT2D eigenvalue weighted by atomic mass is 10.0. The van der Waals surface area contributed by atoms with Crippen molar-refractivity contribution in [2.45, 2.75) is 19.4 Å². The Kier molecular flexibility index (Phi) is 5.94. The van der Waals surface area contributed by atoms with E-state index in [2.05, 4.69) is 10.5 Å². The van der Waals surface area contributed by atoms with Crippen molar-refractivity contribution in [3.8, 4) is 11.3 Å². The molecule has 6 nitrogen and oxygen atoms in total. The zero-order chi connectivity index (χ0) is 17.6. The molecule has 0 atom stereocenters. The quantitative estimate of drug-likeness (QED) is 0.881. The summed E-state index contributed by atoms with van der Waals surface area (Å²) in [6.07, 6.45) is 2.01. The van der Waals surface area contributed by atoms with Crippen LogP contribution in [0.3, 0.4) is 0 Å². The number of hydrogen-bond donors (Lipinski definition) is 1. The Morgan fingerprint density at radius 2 is 2.16 bits per heavy atom. The van der Waals surface area contributed by atoms with Gasteiger partial charge in [0.1, 0.15) is 5.69 Å². The maximum Gasteiger partial charge on any atom is 0.317 e. The third-order valence-electron chi connectivity index (χ3n) is 4.31. The first-order chi connectivity index (χ1) is 12.1. The van der Waals surface area contributed by atoms with E-state index >= 15 is 0 Å². The van der Waals surface area contributed by atoms with Crippen LogP contribution in [0.2, 0.25) is 5.02 Å². The average Bonchev–Trinajstić information content (AvgIpc) is 3.09. The maximum absolute atomic E-state index is 12.2. The van der Waals surface area contributed by atoms with E-state index in [1.165, 1.54) is 0 Å². The number of carbonyl (C=O) groups is 1. The molecular formula is C18H22ClN3O3. The number of nitrogens with one attached hydrogen (secondary N) is 1. The third-order valence-corrected chi connectivity index (χ3v) is 4.55. The summed E-state index contributed by atoms with van der Waals surface area (Å²) in [6.45, 7) is 2.60. The van der Waals surface area contributed by atoms with Gasteiger partial charge >= 0.3 is 6.03 Å². The molecule has 25 heavy (non-hydrogen) atoms. The average molecular weight is 364 g/mol. The first-order valence-electron chi connectivity index (χ1n) is 8.40. The molecule has 2 heterocycles. The molecule has 7 heteroatoms. The molecule has 1 aliphatic heterocycles. The Morgan fingerprint density at radius 1 is 1.36 bits per heavy atom. The largest absolute Gasteiger partial charge is 0.381 e. The maximum atomic E-state index is 12.2. The van der Waals surface area contributed by atoms with Gasteiger partial charge in [0.25, 0.3) is 0 Å². The topological polar surface area (TPSA) is 67.6 Å². The fourth-order valence-electron chi connectivity index (χ4n) is 2.88. The predicted molar refractivity (Wildman–Crippen MR) is 95.4 cm³/mol. The first-order valence-corrected chi connectivity index (χ1v) is 8.78. The molecule has 1 saturated heterocycles. The van der Waals surface area contributed by atoms with Gasteiger partial charge in [-0.1, -0.05) is 28.9 Å². The minimum absolute atomic E-state index is 0.118. The molecule has 2 aromatic rings. The van der Waals surface area contributed by atoms with Gasteiger partial charge in [0.15, 0.2) is 5.76 Å². The van der Waals surface area contributed by atoms with E-state index in [0.717, 1.165) is 38.2 Å². The van der Waals surface area contributed by atoms with Crippen molar-refractivity contribution >= 4 is 17.6 Å². The van der Waals surface area contributed by atoms with Gasteiger partial charge in [0, 0.05) is 43.5 Å². The molecule has 134 valence electrons. The highest BCUT2D eigenvalue weighted by Crippen LogP contribution is 2.22. The van der Waals surface area contributed by atoms with Gasteiger partial charge in [-0.15, -0.1) is 0 Å². The van der Waals surface area contributed by atoms with Crippen LogP contribution >= 0.6 is 11.6 Å². The van der Waals surface area contributed by atoms with Crippen LogP contribution in [0.1, 0.15) is 18.6 Å². The molecule has 0 radical (unpaired) electrons. The minimum Gasteiger partial charge on any atom is -0.381 e. The van der Waals surface area contributed by atoms with E-state index in [9.17, 15) is 4.79 Å². The third kappa shape index (κ3) is 4.96. The summed E-state index contributed by atoms with van der Waals surface area (Å²) >= 11 is 5.99. The summed E-state index contributed by atoms with van der Waals surface area (Å²) in [5, 5.41) is 7.54. The molecule has 0 unspecified atom stereocenters. The zero-order valence-electron chi connectivity index (χ0n) is 14.2. The van der Waals surface area contributed by atoms with E-state index in [0.29, 0.717) is 28.9 Å². The summed E-state index contributed by atoms with van der Waals surface area (Å²) in [4.78, 5) is 13.9. The standard InChI is InChI=1S/C18H22ClN3O3/c1-22(12-13-5-7-24-8-6-13)18(23)20-11-16-10-17(21-25-16)14-3-2-4-15(19)9-14/h2-4,9-10,13H,5-8,11-12H2,1H3,(H,20,23). The highest BCUT2D eigenvalue weighted by molar-refractivity contribution is 6.30. The molecule has 0 saturated carbocycles. The van der Waals surface area contributed by atoms with Crippen LogP contribution in [-0.4, -0.2) is 42.9 Å². The van der Waals surface area contributed by atoms with E-state index in [-0.39, 0.29) is 6.03 Å². The van der Waals surface area contributed by atoms with Crippen LogP contribution < -0.4 is 5.32 Å². The van der Waals surface area contributed by atoms with Crippen LogP contribution in [0, 0.1) is 5.92 Å². The highest BCUT2D eigenvalue weighted by atomic mass is 35.5. The van der Waals surface area contributed by atoms with E-state index < -0.39 is 0 Å². The van der Waals surface area contributed by atoms with Crippen molar-refractivity contribution in [1.82, 2.24) is 15.4 Å². The van der Waals surface area contributed by atoms with Crippen molar-refractivity contribution in [1.29, 1.82) is 0 Å². The van der Waals surface area contributed by atoms with Gasteiger partial charge in [-0.25, -0.2) is 4.79 Å². The lowest BCUT2D eigenvalue weighted by Gasteiger charge is -2.27. The zero-order valence-corrected chi connectivity index (χ0v) is 15.0. The predicted octanol–water partition coefficient (Wildman–Crippen LogP) is 3.56. The molecule has 1 aliphatic rings. The number of rotatable bonds is 5. The molecule has 2 amide bonds. The second kappa shape index (κ2) is 8.36. The van der Waals surface area contributed by atoms with Crippen molar-refractivity contribution in [3.63, 3.8) is 0 Å². The number of ether oxygens (including phenoxy) is 1. The molecule has 0 aliphatic carbocycles. The van der Waals surface area contributed by atoms with Crippen LogP contribution in [0.5, 0.6) is 0 Å². The van der Waals surface area contributed by atoms with Crippen molar-refractivity contribution in [2.75, 3.05) is 26.8 Å². The SMILES string of the molecule is CN(CC1CCOCC1)C(=O)NCc1cc(-c2cccc(Cl)c2)no1. The Morgan fingerprint density at radius 3 is 2.92 bits per heavy atom. The van der Waals surface area contributed by atoms with E-state index in [1.807, 2.05) is 31.3 Å². The lowest BCUT2D eigenvalue weighted by molar-refractivity contribution is 0.0586. The molecule has 0 bridgehead atoms. The van der Waals surface area contributed by atoms with Crippen LogP contribution in [-0.2, 0) is 11.3 Å². The summed E-state index contributed by atoms with van der Waals surface area (Å²) in [5.74, 6) is 1.10. The molecule has 0 spiro atoms. The van der Waals surface area contributed by atoms with E-state index in [1.54, 1.807) is 11.0 Å². The van der Waals surface area contributed by atoms with Crippen molar-refractivity contribution < 1.29 is 14.1 Å². The second-order valence-electron chi connectivity index (χ2n) is 6.28. The Hall–Kier alpha value is -2.05. The monoisotopic (exact) mass is 363 g/mol. The Bertz CT molecular complexity index is 713. The van der Waals surface area contributed by atoms with Crippen molar-refractivity contribution in [2.24, 2.45) is 5.92 Å². The van der Waals surface area contributed by atoms with Gasteiger partial charge < -0.3 is 19.5 Å². The van der Waals surface area contributed by atoms with Gasteiger partial charge in [-0.3, -0.25) is 0 Å². The van der Waals surface area contributed by atoms with E-state index in [4.69, 9.17) is 20.9 Å². The lowest BCUT2D eigenvalue weighted by Crippen LogP contribution is -2.40. The number of benzene rings is 1. The first kappa shape index (κ1) is 17.8. The Balaban J connectivity index is 1.50. The van der Waals surface area contributed by atoms with Gasteiger partial charge in [0.05, 0.1) is 6.54 Å². The molecular weight excluding hydrogens is 342 g/mol. The molecule has 3 rings (SSSR count). The number of hydrogen-bond acceptors (Lipinski definition) is 4. The van der Waals surface area contributed by atoms with Crippen LogP contribution in [0.15, 0.2) is 34.9 Å². The number of carbonyl (C=O) groups excluding carboxylic acids is 1. The van der Waals surface area contributed by atoms with Crippen molar-refractivity contribution in [3.05, 3.63) is 41.1 Å². The van der Waals surface area contributed by atoms with Gasteiger partial charge in [-0.2, -0.15) is 0 Å². The minimum atomic E-state index is -0.118. The van der Waals surface area contributed by atoms with Gasteiger partial charge in [0.2, 0.25) is 0 Å². The molecule has 1 aromatic carbocycles. The fourth-order valence-corrected chi connectivity index (χ4v) is 3.07. The smallest absolute Gasteiger partial charge is 0.317 e. The van der Waals surface area contributed by atoms with Crippen LogP contribution in [0.25, 0.3) is 11.3 Å².